The van der Waals surface area contributed by atoms with Gasteiger partial charge in [0.2, 0.25) is 0 Å². The fourth-order valence-corrected chi connectivity index (χ4v) is 1.50. The molecule has 1 rings (SSSR count). The fraction of sp³-hybridized carbons (Fsp3) is 0.250. The molecule has 0 bridgehead atoms. The van der Waals surface area contributed by atoms with Gasteiger partial charge in [0.25, 0.3) is 0 Å². The Bertz CT molecular complexity index is 299. The van der Waals surface area contributed by atoms with E-state index in [0.717, 1.165) is 12.1 Å². The van der Waals surface area contributed by atoms with Gasteiger partial charge in [0.15, 0.2) is 11.6 Å². The second kappa shape index (κ2) is 3.49. The second-order valence-corrected chi connectivity index (χ2v) is 3.32. The van der Waals surface area contributed by atoms with Gasteiger partial charge >= 0.3 is 0 Å². The van der Waals surface area contributed by atoms with Crippen LogP contribution in [0, 0.1) is 11.6 Å². The summed E-state index contributed by atoms with van der Waals surface area (Å²) in [5, 5.41) is 9.10. The predicted molar refractivity (Wildman–Crippen MR) is 44.7 cm³/mol. The normalized spacial score (nSPS) is 13.1. The van der Waals surface area contributed by atoms with Gasteiger partial charge in [-0.15, -0.1) is 0 Å². The summed E-state index contributed by atoms with van der Waals surface area (Å²) >= 11 is 3.02. The van der Waals surface area contributed by atoms with Gasteiger partial charge in [0.05, 0.1) is 6.10 Å². The first-order chi connectivity index (χ1) is 5.52. The first-order valence-electron chi connectivity index (χ1n) is 3.35. The van der Waals surface area contributed by atoms with E-state index in [1.54, 1.807) is 0 Å². The van der Waals surface area contributed by atoms with Crippen molar-refractivity contribution in [1.29, 1.82) is 0 Å². The molecule has 12 heavy (non-hydrogen) atoms. The van der Waals surface area contributed by atoms with Gasteiger partial charge in [0.1, 0.15) is 0 Å². The average molecular weight is 237 g/mol. The summed E-state index contributed by atoms with van der Waals surface area (Å²) in [6.07, 6.45) is -0.811. The Morgan fingerprint density at radius 1 is 1.33 bits per heavy atom. The van der Waals surface area contributed by atoms with Crippen LogP contribution in [-0.2, 0) is 0 Å². The van der Waals surface area contributed by atoms with E-state index in [1.165, 1.54) is 6.92 Å². The van der Waals surface area contributed by atoms with E-state index in [-0.39, 0.29) is 0 Å². The van der Waals surface area contributed by atoms with Crippen LogP contribution in [0.5, 0.6) is 0 Å². The molecule has 4 heteroatoms. The van der Waals surface area contributed by atoms with E-state index in [2.05, 4.69) is 15.9 Å². The Hall–Kier alpha value is -0.480. The third-order valence-corrected chi connectivity index (χ3v) is 2.18. The molecule has 0 heterocycles. The summed E-state index contributed by atoms with van der Waals surface area (Å²) in [5.41, 5.74) is 0.342. The molecule has 0 saturated carbocycles. The Balaban J connectivity index is 3.23. The fourth-order valence-electron chi connectivity index (χ4n) is 0.858. The molecule has 0 fully saturated rings. The highest BCUT2D eigenvalue weighted by Crippen LogP contribution is 2.25. The van der Waals surface area contributed by atoms with Crippen LogP contribution in [0.15, 0.2) is 16.6 Å². The van der Waals surface area contributed by atoms with Gasteiger partial charge in [0, 0.05) is 4.47 Å². The molecule has 0 aromatic heterocycles. The monoisotopic (exact) mass is 236 g/mol. The molecule has 0 unspecified atom stereocenters. The molecule has 0 spiro atoms. The molecule has 66 valence electrons. The lowest BCUT2D eigenvalue weighted by Gasteiger charge is -2.07. The molecule has 0 aliphatic carbocycles. The molecule has 0 aliphatic heterocycles. The van der Waals surface area contributed by atoms with Crippen LogP contribution in [0.2, 0.25) is 0 Å². The Morgan fingerprint density at radius 2 is 1.83 bits per heavy atom. The van der Waals surface area contributed by atoms with Gasteiger partial charge in [-0.2, -0.15) is 0 Å². The number of benzene rings is 1. The second-order valence-electron chi connectivity index (χ2n) is 2.46. The van der Waals surface area contributed by atoms with E-state index in [1.807, 2.05) is 0 Å². The number of hydrogen-bond acceptors (Lipinski definition) is 1. The van der Waals surface area contributed by atoms with E-state index >= 15 is 0 Å². The lowest BCUT2D eigenvalue weighted by atomic mass is 10.1. The summed E-state index contributed by atoms with van der Waals surface area (Å²) in [6.45, 7) is 1.48. The summed E-state index contributed by atoms with van der Waals surface area (Å²) in [7, 11) is 0. The van der Waals surface area contributed by atoms with Crippen molar-refractivity contribution in [1.82, 2.24) is 0 Å². The van der Waals surface area contributed by atoms with Gasteiger partial charge in [-0.3, -0.25) is 0 Å². The maximum atomic E-state index is 12.6. The summed E-state index contributed by atoms with van der Waals surface area (Å²) in [5.74, 6) is -1.87. The number of rotatable bonds is 1. The number of hydrogen-bond donors (Lipinski definition) is 1. The van der Waals surface area contributed by atoms with E-state index < -0.39 is 17.7 Å². The van der Waals surface area contributed by atoms with Crippen LogP contribution in [0.25, 0.3) is 0 Å². The minimum atomic E-state index is -0.950. The molecule has 1 aromatic carbocycles. The zero-order valence-electron chi connectivity index (χ0n) is 6.31. The molecule has 0 aliphatic rings. The minimum absolute atomic E-state index is 0.342. The van der Waals surface area contributed by atoms with Gasteiger partial charge in [-0.25, -0.2) is 8.78 Å². The van der Waals surface area contributed by atoms with Crippen LogP contribution >= 0.6 is 15.9 Å². The van der Waals surface area contributed by atoms with Crippen molar-refractivity contribution in [2.45, 2.75) is 13.0 Å². The Morgan fingerprint density at radius 3 is 2.33 bits per heavy atom. The third kappa shape index (κ3) is 1.81. The maximum absolute atomic E-state index is 12.6. The smallest absolute Gasteiger partial charge is 0.159 e. The van der Waals surface area contributed by atoms with Gasteiger partial charge < -0.3 is 5.11 Å². The largest absolute Gasteiger partial charge is 0.389 e. The number of aliphatic hydroxyl groups excluding tert-OH is 1. The van der Waals surface area contributed by atoms with Crippen LogP contribution in [0.3, 0.4) is 0 Å². The minimum Gasteiger partial charge on any atom is -0.389 e. The molecule has 1 aromatic rings. The van der Waals surface area contributed by atoms with Crippen LogP contribution in [-0.4, -0.2) is 5.11 Å². The Kier molecular flexibility index (Phi) is 2.80. The van der Waals surface area contributed by atoms with E-state index in [9.17, 15) is 8.78 Å². The molecular formula is C8H7BrF2O. The van der Waals surface area contributed by atoms with Gasteiger partial charge in [-0.1, -0.05) is 15.9 Å². The molecular weight excluding hydrogens is 230 g/mol. The highest BCUT2D eigenvalue weighted by Gasteiger charge is 2.11. The SMILES string of the molecule is C[C@@H](O)c1cc(F)c(F)cc1Br. The first kappa shape index (κ1) is 9.61. The van der Waals surface area contributed by atoms with Crippen LogP contribution in [0.4, 0.5) is 8.78 Å². The molecule has 0 radical (unpaired) electrons. The zero-order valence-corrected chi connectivity index (χ0v) is 7.90. The number of halogens is 3. The summed E-state index contributed by atoms with van der Waals surface area (Å²) < 4.78 is 25.5. The lowest BCUT2D eigenvalue weighted by molar-refractivity contribution is 0.197. The molecule has 0 amide bonds. The maximum Gasteiger partial charge on any atom is 0.159 e. The zero-order chi connectivity index (χ0) is 9.30. The van der Waals surface area contributed by atoms with Gasteiger partial charge in [-0.05, 0) is 24.6 Å². The van der Waals surface area contributed by atoms with E-state index in [4.69, 9.17) is 5.11 Å². The standard InChI is InChI=1S/C8H7BrF2O/c1-4(12)5-2-7(10)8(11)3-6(5)9/h2-4,12H,1H3/t4-/m1/s1. The van der Waals surface area contributed by atoms with Crippen molar-refractivity contribution in [3.8, 4) is 0 Å². The summed E-state index contributed by atoms with van der Waals surface area (Å²) in [6, 6.07) is 1.97. The van der Waals surface area contributed by atoms with Crippen molar-refractivity contribution >= 4 is 15.9 Å². The summed E-state index contributed by atoms with van der Waals surface area (Å²) in [4.78, 5) is 0. The highest BCUT2D eigenvalue weighted by atomic mass is 79.9. The Labute approximate surface area is 77.2 Å². The lowest BCUT2D eigenvalue weighted by Crippen LogP contribution is -1.95. The molecule has 1 nitrogen and oxygen atoms in total. The van der Waals surface area contributed by atoms with Crippen molar-refractivity contribution in [3.05, 3.63) is 33.8 Å². The molecule has 0 saturated heterocycles. The first-order valence-corrected chi connectivity index (χ1v) is 4.14. The quantitative estimate of drug-likeness (QED) is 0.744. The average Bonchev–Trinajstić information content (AvgIpc) is 1.96. The van der Waals surface area contributed by atoms with Crippen molar-refractivity contribution in [3.63, 3.8) is 0 Å². The molecule has 1 atom stereocenters. The van der Waals surface area contributed by atoms with Crippen LogP contribution < -0.4 is 0 Å². The number of aliphatic hydroxyl groups is 1. The van der Waals surface area contributed by atoms with E-state index in [0.29, 0.717) is 10.0 Å². The third-order valence-electron chi connectivity index (χ3n) is 1.49. The molecule has 1 N–H and O–H groups in total. The van der Waals surface area contributed by atoms with Crippen molar-refractivity contribution in [2.24, 2.45) is 0 Å². The predicted octanol–water partition coefficient (Wildman–Crippen LogP) is 2.78. The van der Waals surface area contributed by atoms with Crippen molar-refractivity contribution < 1.29 is 13.9 Å². The topological polar surface area (TPSA) is 20.2 Å². The van der Waals surface area contributed by atoms with Crippen molar-refractivity contribution in [2.75, 3.05) is 0 Å². The highest BCUT2D eigenvalue weighted by molar-refractivity contribution is 9.10. The van der Waals surface area contributed by atoms with Crippen LogP contribution in [0.1, 0.15) is 18.6 Å².